The molecule has 1 heterocycles. The average molecular weight is 382 g/mol. The van der Waals surface area contributed by atoms with E-state index < -0.39 is 12.0 Å². The first kappa shape index (κ1) is 14.8. The Morgan fingerprint density at radius 2 is 2.17 bits per heavy atom. The molecular formula is C9H10Br2N4O3. The van der Waals surface area contributed by atoms with Crippen molar-refractivity contribution in [1.82, 2.24) is 15.3 Å². The van der Waals surface area contributed by atoms with Gasteiger partial charge in [0.25, 0.3) is 0 Å². The van der Waals surface area contributed by atoms with Crippen LogP contribution in [0.5, 0.6) is 0 Å². The second-order valence-corrected chi connectivity index (χ2v) is 4.51. The zero-order chi connectivity index (χ0) is 13.5. The van der Waals surface area contributed by atoms with Crippen LogP contribution in [-0.4, -0.2) is 35.1 Å². The molecule has 1 rings (SSSR count). The van der Waals surface area contributed by atoms with Crippen molar-refractivity contribution in [2.24, 2.45) is 0 Å². The van der Waals surface area contributed by atoms with Gasteiger partial charge in [-0.3, -0.25) is 10.1 Å². The molecule has 1 aromatic rings. The number of amides is 2. The minimum Gasteiger partial charge on any atom is -0.465 e. The molecule has 0 bridgehead atoms. The molecule has 0 aliphatic heterocycles. The van der Waals surface area contributed by atoms with Crippen molar-refractivity contribution in [1.29, 1.82) is 0 Å². The maximum absolute atomic E-state index is 11.4. The lowest BCUT2D eigenvalue weighted by molar-refractivity contribution is -0.141. The molecule has 0 fully saturated rings. The van der Waals surface area contributed by atoms with Crippen LogP contribution < -0.4 is 10.6 Å². The van der Waals surface area contributed by atoms with Crippen molar-refractivity contribution in [3.05, 3.63) is 15.4 Å². The molecule has 7 nitrogen and oxygen atoms in total. The van der Waals surface area contributed by atoms with E-state index in [2.05, 4.69) is 57.2 Å². The smallest absolute Gasteiger partial charge is 0.325 e. The summed E-state index contributed by atoms with van der Waals surface area (Å²) >= 11 is 6.28. The number of carbonyl (C=O) groups is 2. The highest BCUT2D eigenvalue weighted by molar-refractivity contribution is 9.11. The van der Waals surface area contributed by atoms with Crippen molar-refractivity contribution in [2.75, 3.05) is 18.5 Å². The third kappa shape index (κ3) is 4.96. The molecule has 0 aliphatic rings. The fourth-order valence-corrected chi connectivity index (χ4v) is 1.86. The number of hydrogen-bond donors (Lipinski definition) is 2. The van der Waals surface area contributed by atoms with Crippen molar-refractivity contribution >= 4 is 49.7 Å². The van der Waals surface area contributed by atoms with Crippen LogP contribution in [0.2, 0.25) is 0 Å². The van der Waals surface area contributed by atoms with Crippen LogP contribution >= 0.6 is 31.9 Å². The maximum Gasteiger partial charge on any atom is 0.325 e. The van der Waals surface area contributed by atoms with E-state index >= 15 is 0 Å². The predicted molar refractivity (Wildman–Crippen MR) is 71.1 cm³/mol. The molecule has 0 radical (unpaired) electrons. The third-order valence-electron chi connectivity index (χ3n) is 1.63. The highest BCUT2D eigenvalue weighted by Gasteiger charge is 2.09. The average Bonchev–Trinajstić information content (AvgIpc) is 2.31. The first-order valence-electron chi connectivity index (χ1n) is 4.91. The summed E-state index contributed by atoms with van der Waals surface area (Å²) in [4.78, 5) is 30.4. The van der Waals surface area contributed by atoms with E-state index in [4.69, 9.17) is 0 Å². The number of hydrogen-bond acceptors (Lipinski definition) is 5. The highest BCUT2D eigenvalue weighted by Crippen LogP contribution is 2.18. The Bertz CT molecular complexity index is 455. The number of ether oxygens (including phenoxy) is 1. The van der Waals surface area contributed by atoms with E-state index in [9.17, 15) is 9.59 Å². The van der Waals surface area contributed by atoms with Crippen LogP contribution in [0.1, 0.15) is 6.92 Å². The summed E-state index contributed by atoms with van der Waals surface area (Å²) in [5, 5.41) is 4.77. The standard InChI is InChI=1S/C9H10Br2N4O3/c1-2-18-6(16)4-13-9(17)15-8-7(11)14-5(10)3-12-8/h3H,2,4H2,1H3,(H2,12,13,15,17). The molecule has 9 heteroatoms. The van der Waals surface area contributed by atoms with E-state index in [0.717, 1.165) is 0 Å². The number of nitrogens with one attached hydrogen (secondary N) is 2. The molecule has 0 saturated carbocycles. The molecule has 18 heavy (non-hydrogen) atoms. The minimum absolute atomic E-state index is 0.207. The molecule has 98 valence electrons. The van der Waals surface area contributed by atoms with E-state index in [0.29, 0.717) is 9.21 Å². The quantitative estimate of drug-likeness (QED) is 0.774. The monoisotopic (exact) mass is 380 g/mol. The van der Waals surface area contributed by atoms with Gasteiger partial charge in [0.05, 0.1) is 12.8 Å². The molecule has 0 atom stereocenters. The summed E-state index contributed by atoms with van der Waals surface area (Å²) in [6, 6.07) is -0.569. The van der Waals surface area contributed by atoms with Gasteiger partial charge in [0.2, 0.25) is 0 Å². The first-order chi connectivity index (χ1) is 8.52. The van der Waals surface area contributed by atoms with E-state index in [1.54, 1.807) is 6.92 Å². The number of nitrogens with zero attached hydrogens (tertiary/aromatic N) is 2. The number of anilines is 1. The Morgan fingerprint density at radius 3 is 2.78 bits per heavy atom. The third-order valence-corrected chi connectivity index (χ3v) is 2.57. The second-order valence-electron chi connectivity index (χ2n) is 2.94. The SMILES string of the molecule is CCOC(=O)CNC(=O)Nc1ncc(Br)nc1Br. The minimum atomic E-state index is -0.569. The highest BCUT2D eigenvalue weighted by atomic mass is 79.9. The van der Waals surface area contributed by atoms with Gasteiger partial charge < -0.3 is 10.1 Å². The predicted octanol–water partition coefficient (Wildman–Crippen LogP) is 1.69. The number of halogens is 2. The second kappa shape index (κ2) is 7.27. The van der Waals surface area contributed by atoms with Crippen molar-refractivity contribution in [3.63, 3.8) is 0 Å². The summed E-state index contributed by atoms with van der Waals surface area (Å²) in [7, 11) is 0. The number of esters is 1. The number of carbonyl (C=O) groups excluding carboxylic acids is 2. The normalized spacial score (nSPS) is 9.72. The lowest BCUT2D eigenvalue weighted by atomic mass is 10.6. The number of aromatic nitrogens is 2. The van der Waals surface area contributed by atoms with Gasteiger partial charge in [-0.2, -0.15) is 0 Å². The van der Waals surface area contributed by atoms with Crippen molar-refractivity contribution in [3.8, 4) is 0 Å². The lowest BCUT2D eigenvalue weighted by Gasteiger charge is -2.07. The van der Waals surface area contributed by atoms with Gasteiger partial charge in [-0.05, 0) is 38.8 Å². The van der Waals surface area contributed by atoms with Crippen LogP contribution in [0.15, 0.2) is 15.4 Å². The van der Waals surface area contributed by atoms with Gasteiger partial charge in [-0.15, -0.1) is 0 Å². The van der Waals surface area contributed by atoms with E-state index in [1.807, 2.05) is 0 Å². The molecule has 1 aromatic heterocycles. The summed E-state index contributed by atoms with van der Waals surface area (Å²) in [6.07, 6.45) is 1.44. The first-order valence-corrected chi connectivity index (χ1v) is 6.50. The van der Waals surface area contributed by atoms with Crippen LogP contribution in [0.3, 0.4) is 0 Å². The molecule has 2 N–H and O–H groups in total. The van der Waals surface area contributed by atoms with Gasteiger partial charge in [0.1, 0.15) is 15.8 Å². The lowest BCUT2D eigenvalue weighted by Crippen LogP contribution is -2.34. The van der Waals surface area contributed by atoms with Gasteiger partial charge in [-0.25, -0.2) is 14.8 Å². The van der Waals surface area contributed by atoms with Crippen LogP contribution in [-0.2, 0) is 9.53 Å². The molecule has 0 saturated heterocycles. The molecule has 0 spiro atoms. The molecule has 2 amide bonds. The largest absolute Gasteiger partial charge is 0.465 e. The Kier molecular flexibility index (Phi) is 5.99. The molecule has 0 aliphatic carbocycles. The zero-order valence-electron chi connectivity index (χ0n) is 9.37. The van der Waals surface area contributed by atoms with Crippen molar-refractivity contribution < 1.29 is 14.3 Å². The van der Waals surface area contributed by atoms with E-state index in [1.165, 1.54) is 6.20 Å². The molecular weight excluding hydrogens is 372 g/mol. The fraction of sp³-hybridized carbons (Fsp3) is 0.333. The summed E-state index contributed by atoms with van der Waals surface area (Å²) in [5.41, 5.74) is 0. The Labute approximate surface area is 120 Å². The van der Waals surface area contributed by atoms with Crippen LogP contribution in [0.25, 0.3) is 0 Å². The topological polar surface area (TPSA) is 93.2 Å². The summed E-state index contributed by atoms with van der Waals surface area (Å²) in [5.74, 6) is -0.256. The van der Waals surface area contributed by atoms with Gasteiger partial charge in [-0.1, -0.05) is 0 Å². The van der Waals surface area contributed by atoms with Gasteiger partial charge in [0.15, 0.2) is 5.82 Å². The molecule has 0 aromatic carbocycles. The van der Waals surface area contributed by atoms with Gasteiger partial charge >= 0.3 is 12.0 Å². The Hall–Kier alpha value is -1.22. The van der Waals surface area contributed by atoms with Crippen LogP contribution in [0.4, 0.5) is 10.6 Å². The zero-order valence-corrected chi connectivity index (χ0v) is 12.5. The van der Waals surface area contributed by atoms with Gasteiger partial charge in [0, 0.05) is 0 Å². The van der Waals surface area contributed by atoms with Crippen molar-refractivity contribution in [2.45, 2.75) is 6.92 Å². The Morgan fingerprint density at radius 1 is 1.44 bits per heavy atom. The summed E-state index contributed by atoms with van der Waals surface area (Å²) in [6.45, 7) is 1.75. The maximum atomic E-state index is 11.4. The number of urea groups is 1. The fourth-order valence-electron chi connectivity index (χ4n) is 0.947. The Balaban J connectivity index is 2.47. The van der Waals surface area contributed by atoms with E-state index in [-0.39, 0.29) is 19.0 Å². The van der Waals surface area contributed by atoms with Crippen LogP contribution in [0, 0.1) is 0 Å². The molecule has 0 unspecified atom stereocenters. The summed E-state index contributed by atoms with van der Waals surface area (Å²) < 4.78 is 5.57. The number of rotatable bonds is 4.